The van der Waals surface area contributed by atoms with Crippen LogP contribution in [0.2, 0.25) is 0 Å². The molecule has 0 unspecified atom stereocenters. The van der Waals surface area contributed by atoms with Crippen LogP contribution in [0.4, 0.5) is 0 Å². The molecule has 94 valence electrons. The molecule has 1 aromatic carbocycles. The van der Waals surface area contributed by atoms with E-state index in [4.69, 9.17) is 4.52 Å². The van der Waals surface area contributed by atoms with Crippen molar-refractivity contribution in [1.29, 1.82) is 0 Å². The van der Waals surface area contributed by atoms with Crippen molar-refractivity contribution in [2.75, 3.05) is 0 Å². The second-order valence-corrected chi connectivity index (χ2v) is 3.93. The van der Waals surface area contributed by atoms with Crippen LogP contribution in [0, 0.1) is 0 Å². The summed E-state index contributed by atoms with van der Waals surface area (Å²) in [5.74, 6) is -0.133. The van der Waals surface area contributed by atoms with Crippen LogP contribution in [-0.4, -0.2) is 19.7 Å². The van der Waals surface area contributed by atoms with Crippen molar-refractivity contribution in [1.82, 2.24) is 19.7 Å². The molecule has 3 rings (SSSR count). The van der Waals surface area contributed by atoms with Crippen molar-refractivity contribution in [2.45, 2.75) is 6.54 Å². The minimum atomic E-state index is -0.510. The second kappa shape index (κ2) is 4.85. The fourth-order valence-corrected chi connectivity index (χ4v) is 1.77. The normalized spacial score (nSPS) is 10.5. The van der Waals surface area contributed by atoms with Gasteiger partial charge in [0.25, 0.3) is 0 Å². The SMILES string of the molecule is O=c1onc(-c2cnccn2)n1Cc1ccccc1. The monoisotopic (exact) mass is 254 g/mol. The molecular formula is C13H10N4O2. The highest BCUT2D eigenvalue weighted by molar-refractivity contribution is 5.46. The smallest absolute Gasteiger partial charge is 0.295 e. The molecule has 0 saturated heterocycles. The van der Waals surface area contributed by atoms with Gasteiger partial charge in [-0.25, -0.2) is 9.78 Å². The molecule has 0 saturated carbocycles. The van der Waals surface area contributed by atoms with Crippen molar-refractivity contribution in [3.63, 3.8) is 0 Å². The average Bonchev–Trinajstić information content (AvgIpc) is 2.82. The molecule has 2 aromatic heterocycles. The summed E-state index contributed by atoms with van der Waals surface area (Å²) >= 11 is 0. The minimum Gasteiger partial charge on any atom is -0.295 e. The fraction of sp³-hybridized carbons (Fsp3) is 0.0769. The van der Waals surface area contributed by atoms with E-state index in [-0.39, 0.29) is 0 Å². The van der Waals surface area contributed by atoms with Gasteiger partial charge >= 0.3 is 5.76 Å². The minimum absolute atomic E-state index is 0.377. The van der Waals surface area contributed by atoms with Gasteiger partial charge in [-0.1, -0.05) is 35.5 Å². The van der Waals surface area contributed by atoms with Crippen LogP contribution in [0.3, 0.4) is 0 Å². The van der Waals surface area contributed by atoms with Crippen molar-refractivity contribution < 1.29 is 4.52 Å². The number of nitrogens with zero attached hydrogens (tertiary/aromatic N) is 4. The van der Waals surface area contributed by atoms with Crippen molar-refractivity contribution in [3.05, 3.63) is 65.0 Å². The average molecular weight is 254 g/mol. The lowest BCUT2D eigenvalue weighted by Crippen LogP contribution is -2.16. The van der Waals surface area contributed by atoms with E-state index in [0.717, 1.165) is 5.56 Å². The number of hydrogen-bond donors (Lipinski definition) is 0. The highest BCUT2D eigenvalue weighted by atomic mass is 16.5. The molecule has 2 heterocycles. The number of aromatic nitrogens is 4. The van der Waals surface area contributed by atoms with E-state index >= 15 is 0 Å². The first-order chi connectivity index (χ1) is 9.34. The standard InChI is InChI=1S/C13H10N4O2/c18-13-17(9-10-4-2-1-3-5-10)12(16-19-13)11-8-14-6-7-15-11/h1-8H,9H2. The van der Waals surface area contributed by atoms with Crippen LogP contribution >= 0.6 is 0 Å². The van der Waals surface area contributed by atoms with Gasteiger partial charge in [0.1, 0.15) is 5.69 Å². The van der Waals surface area contributed by atoms with Crippen LogP contribution in [0.15, 0.2) is 58.2 Å². The Kier molecular flexibility index (Phi) is 2.89. The Morgan fingerprint density at radius 3 is 2.74 bits per heavy atom. The van der Waals surface area contributed by atoms with E-state index in [1.165, 1.54) is 4.57 Å². The van der Waals surface area contributed by atoms with Crippen LogP contribution in [-0.2, 0) is 6.54 Å². The van der Waals surface area contributed by atoms with E-state index in [0.29, 0.717) is 18.1 Å². The molecule has 0 atom stereocenters. The second-order valence-electron chi connectivity index (χ2n) is 3.93. The molecule has 6 nitrogen and oxygen atoms in total. The Bertz CT molecular complexity index is 719. The third-order valence-corrected chi connectivity index (χ3v) is 2.66. The first-order valence-electron chi connectivity index (χ1n) is 5.71. The molecule has 0 bridgehead atoms. The van der Waals surface area contributed by atoms with Gasteiger partial charge in [0.2, 0.25) is 5.82 Å². The molecule has 0 spiro atoms. The summed E-state index contributed by atoms with van der Waals surface area (Å²) in [5.41, 5.74) is 1.49. The van der Waals surface area contributed by atoms with E-state index in [1.807, 2.05) is 30.3 Å². The number of benzene rings is 1. The fourth-order valence-electron chi connectivity index (χ4n) is 1.77. The van der Waals surface area contributed by atoms with Crippen molar-refractivity contribution in [2.24, 2.45) is 0 Å². The van der Waals surface area contributed by atoms with Gasteiger partial charge in [0.05, 0.1) is 12.7 Å². The molecule has 0 amide bonds. The first-order valence-corrected chi connectivity index (χ1v) is 5.71. The van der Waals surface area contributed by atoms with E-state index in [2.05, 4.69) is 15.1 Å². The van der Waals surface area contributed by atoms with Crippen molar-refractivity contribution in [3.8, 4) is 11.5 Å². The molecule has 0 aliphatic heterocycles. The third-order valence-electron chi connectivity index (χ3n) is 2.66. The van der Waals surface area contributed by atoms with Gasteiger partial charge in [-0.05, 0) is 5.56 Å². The summed E-state index contributed by atoms with van der Waals surface area (Å²) in [5, 5.41) is 3.76. The number of rotatable bonds is 3. The Morgan fingerprint density at radius 1 is 1.16 bits per heavy atom. The summed E-state index contributed by atoms with van der Waals surface area (Å²) in [4.78, 5) is 19.8. The summed E-state index contributed by atoms with van der Waals surface area (Å²) in [6.45, 7) is 0.384. The van der Waals surface area contributed by atoms with Crippen LogP contribution in [0.25, 0.3) is 11.5 Å². The Hall–Kier alpha value is -2.76. The highest BCUT2D eigenvalue weighted by Gasteiger charge is 2.14. The quantitative estimate of drug-likeness (QED) is 0.705. The lowest BCUT2D eigenvalue weighted by molar-refractivity contribution is 0.378. The van der Waals surface area contributed by atoms with E-state index < -0.39 is 5.76 Å². The topological polar surface area (TPSA) is 73.8 Å². The zero-order valence-corrected chi connectivity index (χ0v) is 9.93. The molecular weight excluding hydrogens is 244 g/mol. The molecule has 19 heavy (non-hydrogen) atoms. The molecule has 3 aromatic rings. The van der Waals surface area contributed by atoms with E-state index in [9.17, 15) is 4.79 Å². The Balaban J connectivity index is 2.03. The Morgan fingerprint density at radius 2 is 2.00 bits per heavy atom. The van der Waals surface area contributed by atoms with E-state index in [1.54, 1.807) is 18.6 Å². The van der Waals surface area contributed by atoms with Gasteiger partial charge in [-0.3, -0.25) is 14.1 Å². The van der Waals surface area contributed by atoms with Crippen molar-refractivity contribution >= 4 is 0 Å². The maximum Gasteiger partial charge on any atom is 0.442 e. The summed E-state index contributed by atoms with van der Waals surface area (Å²) in [6, 6.07) is 9.61. The lowest BCUT2D eigenvalue weighted by Gasteiger charge is -2.03. The summed E-state index contributed by atoms with van der Waals surface area (Å²) in [6.07, 6.45) is 4.64. The molecule has 0 fully saturated rings. The Labute approximate surface area is 108 Å². The number of hydrogen-bond acceptors (Lipinski definition) is 5. The molecule has 0 aliphatic carbocycles. The summed E-state index contributed by atoms with van der Waals surface area (Å²) in [7, 11) is 0. The zero-order chi connectivity index (χ0) is 13.1. The van der Waals surface area contributed by atoms with Crippen LogP contribution < -0.4 is 5.76 Å². The largest absolute Gasteiger partial charge is 0.442 e. The maximum absolute atomic E-state index is 11.7. The predicted molar refractivity (Wildman–Crippen MR) is 67.3 cm³/mol. The predicted octanol–water partition coefficient (Wildman–Crippen LogP) is 1.34. The zero-order valence-electron chi connectivity index (χ0n) is 9.93. The molecule has 0 aliphatic rings. The molecule has 0 N–H and O–H groups in total. The third kappa shape index (κ3) is 2.28. The maximum atomic E-state index is 11.7. The molecule has 6 heteroatoms. The van der Waals surface area contributed by atoms with Gasteiger partial charge in [-0.2, -0.15) is 0 Å². The van der Waals surface area contributed by atoms with Gasteiger partial charge in [-0.15, -0.1) is 0 Å². The van der Waals surface area contributed by atoms with Crippen LogP contribution in [0.1, 0.15) is 5.56 Å². The van der Waals surface area contributed by atoms with Crippen LogP contribution in [0.5, 0.6) is 0 Å². The van der Waals surface area contributed by atoms with Gasteiger partial charge in [0.15, 0.2) is 0 Å². The summed E-state index contributed by atoms with van der Waals surface area (Å²) < 4.78 is 6.14. The highest BCUT2D eigenvalue weighted by Crippen LogP contribution is 2.12. The molecule has 0 radical (unpaired) electrons. The lowest BCUT2D eigenvalue weighted by atomic mass is 10.2. The first kappa shape index (κ1) is 11.3. The van der Waals surface area contributed by atoms with Gasteiger partial charge in [0, 0.05) is 12.4 Å². The van der Waals surface area contributed by atoms with Gasteiger partial charge < -0.3 is 0 Å².